The van der Waals surface area contributed by atoms with Crippen molar-refractivity contribution in [3.63, 3.8) is 0 Å². The van der Waals surface area contributed by atoms with Gasteiger partial charge in [-0.15, -0.1) is 0 Å². The normalized spacial score (nSPS) is 11.0. The minimum Gasteiger partial charge on any atom is -0.309 e. The van der Waals surface area contributed by atoms with E-state index >= 15 is 0 Å². The van der Waals surface area contributed by atoms with Gasteiger partial charge in [0.15, 0.2) is 11.6 Å². The van der Waals surface area contributed by atoms with Crippen molar-refractivity contribution >= 4 is 50.8 Å². The lowest BCUT2D eigenvalue weighted by atomic mass is 9.99. The second kappa shape index (κ2) is 10.6. The summed E-state index contributed by atoms with van der Waals surface area (Å²) in [5.41, 5.74) is 4.61. The zero-order valence-electron chi connectivity index (χ0n) is 22.5. The van der Waals surface area contributed by atoms with Crippen molar-refractivity contribution in [3.8, 4) is 5.69 Å². The monoisotopic (exact) mass is 567 g/mol. The lowest BCUT2D eigenvalue weighted by Crippen LogP contribution is -2.01. The largest absolute Gasteiger partial charge is 0.309 e. The number of nitro groups is 2. The summed E-state index contributed by atoms with van der Waals surface area (Å²) in [5.74, 6) is -0.600. The molecule has 1 heterocycles. The first-order valence-electron chi connectivity index (χ1n) is 13.1. The Kier molecular flexibility index (Phi) is 6.67. The third kappa shape index (κ3) is 4.85. The van der Waals surface area contributed by atoms with Gasteiger partial charge in [0, 0.05) is 63.0 Å². The van der Waals surface area contributed by atoms with Crippen molar-refractivity contribution in [2.24, 2.45) is 0 Å². The van der Waals surface area contributed by atoms with Crippen molar-refractivity contribution in [2.45, 2.75) is 0 Å². The van der Waals surface area contributed by atoms with Gasteiger partial charge in [0.2, 0.25) is 0 Å². The molecule has 0 saturated carbocycles. The van der Waals surface area contributed by atoms with Crippen molar-refractivity contribution in [1.82, 2.24) is 4.57 Å². The number of hydrogen-bond donors (Lipinski definition) is 0. The van der Waals surface area contributed by atoms with Crippen LogP contribution in [0.25, 0.3) is 33.6 Å². The van der Waals surface area contributed by atoms with Crippen LogP contribution in [0, 0.1) is 20.2 Å². The van der Waals surface area contributed by atoms with Gasteiger partial charge in [0.25, 0.3) is 11.4 Å². The summed E-state index contributed by atoms with van der Waals surface area (Å²) >= 11 is 0. The Bertz CT molecular complexity index is 1980. The fourth-order valence-corrected chi connectivity index (χ4v) is 5.15. The van der Waals surface area contributed by atoms with Crippen LogP contribution in [0.4, 0.5) is 11.4 Å². The Hall–Kier alpha value is -6.22. The number of non-ortho nitro benzene ring substituents is 2. The van der Waals surface area contributed by atoms with Crippen LogP contribution < -0.4 is 0 Å². The molecule has 0 aliphatic heterocycles. The molecule has 6 aromatic rings. The molecule has 0 bridgehead atoms. The van der Waals surface area contributed by atoms with Crippen LogP contribution in [0.3, 0.4) is 0 Å². The predicted molar refractivity (Wildman–Crippen MR) is 164 cm³/mol. The summed E-state index contributed by atoms with van der Waals surface area (Å²) in [6.07, 6.45) is 1.75. The van der Waals surface area contributed by atoms with E-state index in [9.17, 15) is 29.8 Å². The highest BCUT2D eigenvalue weighted by atomic mass is 16.6. The van der Waals surface area contributed by atoms with Crippen LogP contribution in [-0.4, -0.2) is 26.0 Å². The SMILES string of the molecule is C=Cc1ccc(-n2c3ccc(C(=O)c4ccc([N+](=O)[O-])cc4)cc3c3cc(C(=O)c4ccc([N+](=O)[O-])cc4)ccc32)cc1. The van der Waals surface area contributed by atoms with E-state index in [0.717, 1.165) is 33.1 Å². The average molecular weight is 568 g/mol. The molecule has 0 radical (unpaired) electrons. The second-order valence-electron chi connectivity index (χ2n) is 9.86. The molecule has 43 heavy (non-hydrogen) atoms. The van der Waals surface area contributed by atoms with Crippen LogP contribution in [0.15, 0.2) is 116 Å². The molecular weight excluding hydrogens is 546 g/mol. The summed E-state index contributed by atoms with van der Waals surface area (Å²) in [6, 6.07) is 29.3. The predicted octanol–water partition coefficient (Wildman–Crippen LogP) is 7.71. The molecule has 0 fully saturated rings. The Labute approximate surface area is 244 Å². The number of benzene rings is 5. The summed E-state index contributed by atoms with van der Waals surface area (Å²) in [7, 11) is 0. The fourth-order valence-electron chi connectivity index (χ4n) is 5.15. The first-order valence-corrected chi connectivity index (χ1v) is 13.1. The fraction of sp³-hybridized carbons (Fsp3) is 0. The molecule has 0 unspecified atom stereocenters. The minimum absolute atomic E-state index is 0.109. The van der Waals surface area contributed by atoms with Gasteiger partial charge in [0.05, 0.1) is 20.9 Å². The molecule has 0 amide bonds. The van der Waals surface area contributed by atoms with Crippen LogP contribution in [0.5, 0.6) is 0 Å². The summed E-state index contributed by atoms with van der Waals surface area (Å²) in [4.78, 5) is 47.9. The number of hydrogen-bond acceptors (Lipinski definition) is 6. The van der Waals surface area contributed by atoms with Crippen LogP contribution in [-0.2, 0) is 0 Å². The second-order valence-corrected chi connectivity index (χ2v) is 9.86. The maximum atomic E-state index is 13.4. The molecule has 5 aromatic carbocycles. The zero-order valence-corrected chi connectivity index (χ0v) is 22.5. The summed E-state index contributed by atoms with van der Waals surface area (Å²) < 4.78 is 2.04. The van der Waals surface area contributed by atoms with Gasteiger partial charge in [-0.3, -0.25) is 29.8 Å². The molecule has 9 heteroatoms. The Balaban J connectivity index is 1.51. The van der Waals surface area contributed by atoms with Crippen LogP contribution in [0.1, 0.15) is 37.4 Å². The number of fused-ring (bicyclic) bond motifs is 3. The number of ketones is 2. The third-order valence-electron chi connectivity index (χ3n) is 7.36. The van der Waals surface area contributed by atoms with Crippen molar-refractivity contribution in [2.75, 3.05) is 0 Å². The highest BCUT2D eigenvalue weighted by Crippen LogP contribution is 2.34. The molecule has 0 aliphatic carbocycles. The minimum atomic E-state index is -0.522. The molecule has 0 N–H and O–H groups in total. The van der Waals surface area contributed by atoms with Gasteiger partial charge in [-0.25, -0.2) is 0 Å². The maximum absolute atomic E-state index is 13.4. The first-order chi connectivity index (χ1) is 20.7. The maximum Gasteiger partial charge on any atom is 0.269 e. The summed E-state index contributed by atoms with van der Waals surface area (Å²) in [6.45, 7) is 3.82. The number of nitrogens with zero attached hydrogens (tertiary/aromatic N) is 3. The van der Waals surface area contributed by atoms with E-state index in [0.29, 0.717) is 22.3 Å². The third-order valence-corrected chi connectivity index (χ3v) is 7.36. The Morgan fingerprint density at radius 2 is 0.977 bits per heavy atom. The molecule has 208 valence electrons. The van der Waals surface area contributed by atoms with Gasteiger partial charge in [-0.2, -0.15) is 0 Å². The van der Waals surface area contributed by atoms with E-state index in [-0.39, 0.29) is 22.9 Å². The van der Waals surface area contributed by atoms with Crippen LogP contribution in [0.2, 0.25) is 0 Å². The lowest BCUT2D eigenvalue weighted by Gasteiger charge is -2.09. The number of nitro benzene ring substituents is 2. The molecule has 0 atom stereocenters. The average Bonchev–Trinajstić information content (AvgIpc) is 3.37. The molecule has 1 aromatic heterocycles. The smallest absolute Gasteiger partial charge is 0.269 e. The van der Waals surface area contributed by atoms with Crippen molar-refractivity contribution < 1.29 is 19.4 Å². The first kappa shape index (κ1) is 27.0. The quantitative estimate of drug-likeness (QED) is 0.105. The van der Waals surface area contributed by atoms with E-state index in [1.807, 2.05) is 41.0 Å². The lowest BCUT2D eigenvalue weighted by molar-refractivity contribution is -0.385. The van der Waals surface area contributed by atoms with Gasteiger partial charge in [0.1, 0.15) is 0 Å². The molecule has 6 rings (SSSR count). The van der Waals surface area contributed by atoms with Crippen molar-refractivity contribution in [3.05, 3.63) is 164 Å². The standard InChI is InChI=1S/C34H21N3O6/c1-2-21-3-11-26(12-4-21)35-31-17-9-24(33(38)22-5-13-27(14-6-22)36(40)41)19-29(31)30-20-25(10-18-32(30)35)34(39)23-7-15-28(16-8-23)37(42)43/h2-20H,1H2. The zero-order chi connectivity index (χ0) is 30.2. The number of aromatic nitrogens is 1. The van der Waals surface area contributed by atoms with E-state index in [1.54, 1.807) is 30.3 Å². The van der Waals surface area contributed by atoms with E-state index in [1.165, 1.54) is 48.5 Å². The molecular formula is C34H21N3O6. The van der Waals surface area contributed by atoms with Crippen LogP contribution >= 0.6 is 0 Å². The molecule has 0 saturated heterocycles. The van der Waals surface area contributed by atoms with E-state index in [2.05, 4.69) is 6.58 Å². The topological polar surface area (TPSA) is 125 Å². The highest BCUT2D eigenvalue weighted by molar-refractivity contribution is 6.17. The number of carbonyl (C=O) groups excluding carboxylic acids is 2. The molecule has 9 nitrogen and oxygen atoms in total. The van der Waals surface area contributed by atoms with Gasteiger partial charge in [-0.1, -0.05) is 24.8 Å². The van der Waals surface area contributed by atoms with E-state index in [4.69, 9.17) is 0 Å². The number of rotatable bonds is 8. The van der Waals surface area contributed by atoms with Gasteiger partial charge < -0.3 is 4.57 Å². The van der Waals surface area contributed by atoms with Gasteiger partial charge >= 0.3 is 0 Å². The molecule has 0 aliphatic rings. The highest BCUT2D eigenvalue weighted by Gasteiger charge is 2.19. The van der Waals surface area contributed by atoms with Crippen molar-refractivity contribution in [1.29, 1.82) is 0 Å². The Morgan fingerprint density at radius 3 is 1.35 bits per heavy atom. The van der Waals surface area contributed by atoms with Gasteiger partial charge in [-0.05, 0) is 78.4 Å². The summed E-state index contributed by atoms with van der Waals surface area (Å²) in [5, 5.41) is 23.6. The Morgan fingerprint density at radius 1 is 0.581 bits per heavy atom. The van der Waals surface area contributed by atoms with E-state index < -0.39 is 9.85 Å². The number of carbonyl (C=O) groups is 2. The molecule has 0 spiro atoms.